The summed E-state index contributed by atoms with van der Waals surface area (Å²) in [5.41, 5.74) is 2.30. The number of carbonyl (C=O) groups excluding carboxylic acids is 4. The predicted octanol–water partition coefficient (Wildman–Crippen LogP) is 2.93. The van der Waals surface area contributed by atoms with Crippen LogP contribution >= 0.6 is 0 Å². The topological polar surface area (TPSA) is 124 Å². The predicted molar refractivity (Wildman–Crippen MR) is 124 cm³/mol. The highest BCUT2D eigenvalue weighted by Gasteiger charge is 2.22. The van der Waals surface area contributed by atoms with Crippen LogP contribution in [0.2, 0.25) is 0 Å². The van der Waals surface area contributed by atoms with E-state index in [0.717, 1.165) is 16.5 Å². The highest BCUT2D eigenvalue weighted by molar-refractivity contribution is 5.95. The van der Waals surface area contributed by atoms with Gasteiger partial charge in [0.15, 0.2) is 11.5 Å². The van der Waals surface area contributed by atoms with Crippen LogP contribution in [0.3, 0.4) is 0 Å². The number of nitrogens with one attached hydrogen (secondary N) is 2. The first kappa shape index (κ1) is 24.2. The van der Waals surface area contributed by atoms with Gasteiger partial charge in [-0.1, -0.05) is 24.3 Å². The zero-order valence-corrected chi connectivity index (χ0v) is 18.9. The van der Waals surface area contributed by atoms with Crippen molar-refractivity contribution >= 4 is 40.8 Å². The molecule has 3 rings (SSSR count). The maximum absolute atomic E-state index is 12.5. The minimum atomic E-state index is -0.899. The molecule has 1 heterocycles. The number of carbonyl (C=O) groups is 4. The summed E-state index contributed by atoms with van der Waals surface area (Å²) < 4.78 is 15.0. The number of aromatic nitrogens is 1. The van der Waals surface area contributed by atoms with Gasteiger partial charge in [-0.2, -0.15) is 0 Å². The second-order valence-electron chi connectivity index (χ2n) is 7.37. The number of methoxy groups -OCH3 is 1. The Kier molecular flexibility index (Phi) is 7.81. The maximum atomic E-state index is 12.5. The van der Waals surface area contributed by atoms with Crippen molar-refractivity contribution in [2.75, 3.05) is 7.11 Å². The van der Waals surface area contributed by atoms with Crippen molar-refractivity contribution < 1.29 is 33.4 Å². The molecule has 9 heteroatoms. The van der Waals surface area contributed by atoms with Gasteiger partial charge in [0.05, 0.1) is 7.11 Å². The molecule has 2 N–H and O–H groups in total. The molecule has 0 saturated heterocycles. The van der Waals surface area contributed by atoms with E-state index < -0.39 is 29.9 Å². The third-order valence-electron chi connectivity index (χ3n) is 4.80. The van der Waals surface area contributed by atoms with E-state index in [-0.39, 0.29) is 17.9 Å². The van der Waals surface area contributed by atoms with Crippen molar-refractivity contribution in [3.05, 3.63) is 65.9 Å². The van der Waals surface area contributed by atoms with E-state index in [2.05, 4.69) is 10.3 Å². The number of fused-ring (bicyclic) bond motifs is 1. The summed E-state index contributed by atoms with van der Waals surface area (Å²) in [4.78, 5) is 50.6. The average molecular weight is 464 g/mol. The van der Waals surface area contributed by atoms with Crippen LogP contribution in [0.1, 0.15) is 25.0 Å². The zero-order chi connectivity index (χ0) is 24.7. The molecule has 0 aliphatic rings. The van der Waals surface area contributed by atoms with E-state index in [0.29, 0.717) is 5.56 Å². The van der Waals surface area contributed by atoms with Crippen molar-refractivity contribution in [2.24, 2.45) is 0 Å². The smallest absolute Gasteiger partial charge is 0.328 e. The van der Waals surface area contributed by atoms with Gasteiger partial charge in [0.1, 0.15) is 6.04 Å². The van der Waals surface area contributed by atoms with Gasteiger partial charge < -0.3 is 24.5 Å². The van der Waals surface area contributed by atoms with Crippen molar-refractivity contribution in [1.82, 2.24) is 10.3 Å². The average Bonchev–Trinajstić information content (AvgIpc) is 3.20. The molecule has 0 spiro atoms. The van der Waals surface area contributed by atoms with Gasteiger partial charge in [0.25, 0.3) is 0 Å². The number of aromatic amines is 1. The fourth-order valence-electron chi connectivity index (χ4n) is 3.35. The third-order valence-corrected chi connectivity index (χ3v) is 4.80. The highest BCUT2D eigenvalue weighted by atomic mass is 16.6. The molecule has 0 aliphatic heterocycles. The molecule has 1 atom stereocenters. The summed E-state index contributed by atoms with van der Waals surface area (Å²) in [6.45, 7) is 2.44. The number of hydrogen-bond donors (Lipinski definition) is 2. The van der Waals surface area contributed by atoms with Gasteiger partial charge in [-0.3, -0.25) is 14.4 Å². The fourth-order valence-corrected chi connectivity index (χ4v) is 3.35. The molecule has 0 saturated carbocycles. The Morgan fingerprint density at radius 2 is 1.71 bits per heavy atom. The van der Waals surface area contributed by atoms with Crippen LogP contribution in [0.4, 0.5) is 0 Å². The second-order valence-corrected chi connectivity index (χ2v) is 7.37. The van der Waals surface area contributed by atoms with Gasteiger partial charge >= 0.3 is 17.9 Å². The first-order chi connectivity index (χ1) is 16.3. The number of ether oxygens (including phenoxy) is 3. The summed E-state index contributed by atoms with van der Waals surface area (Å²) in [6, 6.07) is 11.2. The Labute approximate surface area is 195 Å². The molecule has 0 fully saturated rings. The first-order valence-corrected chi connectivity index (χ1v) is 10.4. The lowest BCUT2D eigenvalue weighted by atomic mass is 10.0. The lowest BCUT2D eigenvalue weighted by Crippen LogP contribution is -2.42. The summed E-state index contributed by atoms with van der Waals surface area (Å²) >= 11 is 0. The molecule has 0 radical (unpaired) electrons. The van der Waals surface area contributed by atoms with Gasteiger partial charge in [0, 0.05) is 43.4 Å². The van der Waals surface area contributed by atoms with Crippen LogP contribution in [0.15, 0.2) is 54.7 Å². The molecule has 3 aromatic rings. The summed E-state index contributed by atoms with van der Waals surface area (Å²) in [5, 5.41) is 3.61. The molecular weight excluding hydrogens is 440 g/mol. The van der Waals surface area contributed by atoms with Crippen LogP contribution in [0.5, 0.6) is 11.5 Å². The molecule has 1 amide bonds. The molecule has 9 nitrogen and oxygen atoms in total. The van der Waals surface area contributed by atoms with Gasteiger partial charge in [0.2, 0.25) is 5.91 Å². The van der Waals surface area contributed by atoms with Crippen LogP contribution in [0, 0.1) is 0 Å². The zero-order valence-electron chi connectivity index (χ0n) is 18.9. The van der Waals surface area contributed by atoms with Gasteiger partial charge in [-0.15, -0.1) is 0 Å². The monoisotopic (exact) mass is 464 g/mol. The lowest BCUT2D eigenvalue weighted by Gasteiger charge is -2.15. The van der Waals surface area contributed by atoms with Crippen LogP contribution in [-0.4, -0.2) is 42.0 Å². The first-order valence-electron chi connectivity index (χ1n) is 10.4. The number of hydrogen-bond acceptors (Lipinski definition) is 7. The Balaban J connectivity index is 1.74. The SMILES string of the molecule is COC(=O)[C@H](Cc1c[nH]c2ccccc12)NC(=O)/C=C/c1ccc(OC(C)=O)c(OC(C)=O)c1. The van der Waals surface area contributed by atoms with Crippen molar-refractivity contribution in [3.63, 3.8) is 0 Å². The number of para-hydroxylation sites is 1. The van der Waals surface area contributed by atoms with Crippen molar-refractivity contribution in [3.8, 4) is 11.5 Å². The molecule has 0 aliphatic carbocycles. The Morgan fingerprint density at radius 1 is 1.00 bits per heavy atom. The van der Waals surface area contributed by atoms with Crippen LogP contribution in [-0.2, 0) is 30.3 Å². The van der Waals surface area contributed by atoms with Crippen LogP contribution < -0.4 is 14.8 Å². The van der Waals surface area contributed by atoms with Crippen molar-refractivity contribution in [1.29, 1.82) is 0 Å². The lowest BCUT2D eigenvalue weighted by molar-refractivity contribution is -0.144. The largest absolute Gasteiger partial charge is 0.467 e. The highest BCUT2D eigenvalue weighted by Crippen LogP contribution is 2.29. The van der Waals surface area contributed by atoms with Gasteiger partial charge in [-0.05, 0) is 35.4 Å². The van der Waals surface area contributed by atoms with E-state index in [9.17, 15) is 19.2 Å². The number of H-pyrrole nitrogens is 1. The molecular formula is C25H24N2O7. The van der Waals surface area contributed by atoms with E-state index in [1.165, 1.54) is 45.2 Å². The van der Waals surface area contributed by atoms with Crippen LogP contribution in [0.25, 0.3) is 17.0 Å². The fraction of sp³-hybridized carbons (Fsp3) is 0.200. The van der Waals surface area contributed by atoms with E-state index >= 15 is 0 Å². The standard InChI is InChI=1S/C25H24N2O7/c1-15(28)33-22-10-8-17(12-23(22)34-16(2)29)9-11-24(30)27-21(25(31)32-3)13-18-14-26-20-7-5-4-6-19(18)20/h4-12,14,21,26H,13H2,1-3H3,(H,27,30)/b11-9+/t21-/m0/s1. The second kappa shape index (κ2) is 11.0. The summed E-state index contributed by atoms with van der Waals surface area (Å²) in [5.74, 6) is -2.14. The molecule has 176 valence electrons. The van der Waals surface area contributed by atoms with Gasteiger partial charge in [-0.25, -0.2) is 4.79 Å². The number of rotatable bonds is 8. The Hall–Kier alpha value is -4.40. The quantitative estimate of drug-likeness (QED) is 0.298. The molecule has 34 heavy (non-hydrogen) atoms. The van der Waals surface area contributed by atoms with E-state index in [1.807, 2.05) is 24.3 Å². The number of benzene rings is 2. The normalized spacial score (nSPS) is 11.7. The summed E-state index contributed by atoms with van der Waals surface area (Å²) in [7, 11) is 1.26. The molecule has 2 aromatic carbocycles. The third kappa shape index (κ3) is 6.32. The minimum absolute atomic E-state index is 0.0389. The number of amides is 1. The molecule has 0 bridgehead atoms. The maximum Gasteiger partial charge on any atom is 0.328 e. The molecule has 1 aromatic heterocycles. The molecule has 0 unspecified atom stereocenters. The minimum Gasteiger partial charge on any atom is -0.467 e. The summed E-state index contributed by atoms with van der Waals surface area (Å²) in [6.07, 6.45) is 4.75. The Bertz CT molecular complexity index is 1260. The van der Waals surface area contributed by atoms with E-state index in [1.54, 1.807) is 12.3 Å². The number of esters is 3. The van der Waals surface area contributed by atoms with Crippen molar-refractivity contribution in [2.45, 2.75) is 26.3 Å². The van der Waals surface area contributed by atoms with E-state index in [4.69, 9.17) is 14.2 Å². The Morgan fingerprint density at radius 3 is 2.41 bits per heavy atom.